The number of fused-ring (bicyclic) bond motifs is 1. The van der Waals surface area contributed by atoms with Gasteiger partial charge in [0.15, 0.2) is 0 Å². The van der Waals surface area contributed by atoms with Crippen LogP contribution >= 0.6 is 0 Å². The number of para-hydroxylation sites is 1. The first-order valence-corrected chi connectivity index (χ1v) is 7.93. The van der Waals surface area contributed by atoms with E-state index in [4.69, 9.17) is 0 Å². The Morgan fingerprint density at radius 1 is 1.19 bits per heavy atom. The molecule has 0 amide bonds. The SMILES string of the molecule is CCC(CC)(CO)CNCc1c(C)c2ccccc2n1C. The Hall–Kier alpha value is -1.32. The lowest BCUT2D eigenvalue weighted by molar-refractivity contribution is 0.113. The first-order chi connectivity index (χ1) is 10.1. The third-order valence-corrected chi connectivity index (χ3v) is 5.14. The number of hydrogen-bond acceptors (Lipinski definition) is 2. The third-order valence-electron chi connectivity index (χ3n) is 5.14. The molecule has 2 rings (SSSR count). The number of aromatic nitrogens is 1. The number of benzene rings is 1. The van der Waals surface area contributed by atoms with Gasteiger partial charge in [-0.3, -0.25) is 0 Å². The zero-order chi connectivity index (χ0) is 15.5. The smallest absolute Gasteiger partial charge is 0.0499 e. The van der Waals surface area contributed by atoms with Crippen LogP contribution in [0.1, 0.15) is 37.9 Å². The van der Waals surface area contributed by atoms with Gasteiger partial charge < -0.3 is 15.0 Å². The Kier molecular flexibility index (Phi) is 5.07. The Morgan fingerprint density at radius 3 is 2.43 bits per heavy atom. The third kappa shape index (κ3) is 2.99. The zero-order valence-corrected chi connectivity index (χ0v) is 13.7. The van der Waals surface area contributed by atoms with Gasteiger partial charge in [-0.15, -0.1) is 0 Å². The van der Waals surface area contributed by atoms with Crippen molar-refractivity contribution in [3.8, 4) is 0 Å². The fourth-order valence-electron chi connectivity index (χ4n) is 3.11. The molecule has 2 aromatic rings. The van der Waals surface area contributed by atoms with Crippen molar-refractivity contribution in [2.45, 2.75) is 40.2 Å². The Labute approximate surface area is 128 Å². The zero-order valence-electron chi connectivity index (χ0n) is 13.7. The number of aliphatic hydroxyl groups is 1. The minimum Gasteiger partial charge on any atom is -0.396 e. The van der Waals surface area contributed by atoms with E-state index >= 15 is 0 Å². The van der Waals surface area contributed by atoms with Gasteiger partial charge in [-0.1, -0.05) is 32.0 Å². The number of rotatable bonds is 7. The van der Waals surface area contributed by atoms with Gasteiger partial charge in [0, 0.05) is 48.8 Å². The van der Waals surface area contributed by atoms with Crippen LogP contribution in [0.4, 0.5) is 0 Å². The van der Waals surface area contributed by atoms with Crippen molar-refractivity contribution >= 4 is 10.9 Å². The molecular weight excluding hydrogens is 260 g/mol. The summed E-state index contributed by atoms with van der Waals surface area (Å²) in [7, 11) is 2.13. The molecule has 3 heteroatoms. The van der Waals surface area contributed by atoms with Crippen LogP contribution in [0, 0.1) is 12.3 Å². The summed E-state index contributed by atoms with van der Waals surface area (Å²) < 4.78 is 2.27. The molecule has 2 N–H and O–H groups in total. The van der Waals surface area contributed by atoms with E-state index in [0.29, 0.717) is 0 Å². The van der Waals surface area contributed by atoms with E-state index in [-0.39, 0.29) is 12.0 Å². The van der Waals surface area contributed by atoms with E-state index in [0.717, 1.165) is 25.9 Å². The van der Waals surface area contributed by atoms with Crippen molar-refractivity contribution in [3.05, 3.63) is 35.5 Å². The number of nitrogens with zero attached hydrogens (tertiary/aromatic N) is 1. The Balaban J connectivity index is 2.14. The molecule has 0 bridgehead atoms. The van der Waals surface area contributed by atoms with Crippen molar-refractivity contribution < 1.29 is 5.11 Å². The van der Waals surface area contributed by atoms with Gasteiger partial charge in [0.05, 0.1) is 0 Å². The topological polar surface area (TPSA) is 37.2 Å². The fourth-order valence-corrected chi connectivity index (χ4v) is 3.11. The van der Waals surface area contributed by atoms with Crippen molar-refractivity contribution in [1.82, 2.24) is 9.88 Å². The molecule has 0 saturated carbocycles. The van der Waals surface area contributed by atoms with Crippen LogP contribution in [0.15, 0.2) is 24.3 Å². The van der Waals surface area contributed by atoms with Gasteiger partial charge >= 0.3 is 0 Å². The molecule has 21 heavy (non-hydrogen) atoms. The molecule has 0 aliphatic carbocycles. The predicted molar refractivity (Wildman–Crippen MR) is 89.5 cm³/mol. The average Bonchev–Trinajstić information content (AvgIpc) is 2.77. The summed E-state index contributed by atoms with van der Waals surface area (Å²) >= 11 is 0. The molecule has 0 radical (unpaired) electrons. The van der Waals surface area contributed by atoms with E-state index in [1.54, 1.807) is 0 Å². The minimum atomic E-state index is 0.0124. The van der Waals surface area contributed by atoms with Gasteiger partial charge in [0.2, 0.25) is 0 Å². The van der Waals surface area contributed by atoms with Crippen molar-refractivity contribution in [1.29, 1.82) is 0 Å². The summed E-state index contributed by atoms with van der Waals surface area (Å²) in [6.45, 7) is 8.46. The van der Waals surface area contributed by atoms with Crippen LogP contribution < -0.4 is 5.32 Å². The first kappa shape index (κ1) is 16.1. The molecule has 0 aliphatic heterocycles. The maximum absolute atomic E-state index is 9.65. The van der Waals surface area contributed by atoms with E-state index < -0.39 is 0 Å². The lowest BCUT2D eigenvalue weighted by atomic mass is 9.83. The second-order valence-corrected chi connectivity index (χ2v) is 6.12. The van der Waals surface area contributed by atoms with E-state index in [1.807, 2.05) is 0 Å². The second kappa shape index (κ2) is 6.63. The highest BCUT2D eigenvalue weighted by atomic mass is 16.3. The highest BCUT2D eigenvalue weighted by molar-refractivity contribution is 5.85. The van der Waals surface area contributed by atoms with E-state index in [2.05, 4.69) is 62.0 Å². The van der Waals surface area contributed by atoms with Gasteiger partial charge in [-0.05, 0) is 31.4 Å². The highest BCUT2D eigenvalue weighted by Crippen LogP contribution is 2.26. The van der Waals surface area contributed by atoms with Crippen LogP contribution in [-0.2, 0) is 13.6 Å². The van der Waals surface area contributed by atoms with Gasteiger partial charge in [0.25, 0.3) is 0 Å². The molecule has 0 fully saturated rings. The maximum atomic E-state index is 9.65. The molecule has 0 atom stereocenters. The maximum Gasteiger partial charge on any atom is 0.0499 e. The Bertz CT molecular complexity index is 549. The molecule has 0 unspecified atom stereocenters. The van der Waals surface area contributed by atoms with Gasteiger partial charge in [0.1, 0.15) is 0 Å². The molecular formula is C18H28N2O. The second-order valence-electron chi connectivity index (χ2n) is 6.12. The van der Waals surface area contributed by atoms with Gasteiger partial charge in [-0.2, -0.15) is 0 Å². The average molecular weight is 288 g/mol. The van der Waals surface area contributed by atoms with Crippen LogP contribution in [0.2, 0.25) is 0 Å². The predicted octanol–water partition coefficient (Wildman–Crippen LogP) is 3.38. The molecule has 0 aliphatic rings. The first-order valence-electron chi connectivity index (χ1n) is 7.93. The number of hydrogen-bond donors (Lipinski definition) is 2. The quantitative estimate of drug-likeness (QED) is 0.819. The standard InChI is InChI=1S/C18H28N2O/c1-5-18(6-2,13-21)12-19-11-17-14(3)15-9-7-8-10-16(15)20(17)4/h7-10,19,21H,5-6,11-13H2,1-4H3. The number of nitrogens with one attached hydrogen (secondary N) is 1. The van der Waals surface area contributed by atoms with Crippen LogP contribution in [-0.4, -0.2) is 22.8 Å². The summed E-state index contributed by atoms with van der Waals surface area (Å²) in [6, 6.07) is 8.54. The highest BCUT2D eigenvalue weighted by Gasteiger charge is 2.24. The lowest BCUT2D eigenvalue weighted by Crippen LogP contribution is -2.36. The molecule has 1 aromatic heterocycles. The molecule has 0 spiro atoms. The van der Waals surface area contributed by atoms with Crippen molar-refractivity contribution in [2.75, 3.05) is 13.2 Å². The van der Waals surface area contributed by atoms with Crippen LogP contribution in [0.5, 0.6) is 0 Å². The van der Waals surface area contributed by atoms with Crippen LogP contribution in [0.25, 0.3) is 10.9 Å². The number of aliphatic hydroxyl groups excluding tert-OH is 1. The van der Waals surface area contributed by atoms with E-state index in [9.17, 15) is 5.11 Å². The van der Waals surface area contributed by atoms with Gasteiger partial charge in [-0.25, -0.2) is 0 Å². The largest absolute Gasteiger partial charge is 0.396 e. The summed E-state index contributed by atoms with van der Waals surface area (Å²) in [5.74, 6) is 0. The lowest BCUT2D eigenvalue weighted by Gasteiger charge is -2.29. The van der Waals surface area contributed by atoms with Crippen molar-refractivity contribution in [3.63, 3.8) is 0 Å². The molecule has 0 saturated heterocycles. The van der Waals surface area contributed by atoms with E-state index in [1.165, 1.54) is 22.2 Å². The van der Waals surface area contributed by atoms with Crippen LogP contribution in [0.3, 0.4) is 0 Å². The monoisotopic (exact) mass is 288 g/mol. The minimum absolute atomic E-state index is 0.0124. The normalized spacial score (nSPS) is 12.2. The molecule has 3 nitrogen and oxygen atoms in total. The summed E-state index contributed by atoms with van der Waals surface area (Å²) in [5.41, 5.74) is 3.98. The summed E-state index contributed by atoms with van der Waals surface area (Å²) in [4.78, 5) is 0. The summed E-state index contributed by atoms with van der Waals surface area (Å²) in [5, 5.41) is 14.5. The number of aryl methyl sites for hydroxylation is 2. The fraction of sp³-hybridized carbons (Fsp3) is 0.556. The molecule has 116 valence electrons. The summed E-state index contributed by atoms with van der Waals surface area (Å²) in [6.07, 6.45) is 2.00. The molecule has 1 heterocycles. The van der Waals surface area contributed by atoms with Crippen molar-refractivity contribution in [2.24, 2.45) is 12.5 Å². The molecule has 1 aromatic carbocycles. The Morgan fingerprint density at radius 2 is 1.86 bits per heavy atom.